The molecule has 0 radical (unpaired) electrons. The molecule has 4 nitrogen and oxygen atoms in total. The van der Waals surface area contributed by atoms with Crippen LogP contribution in [0, 0.1) is 0 Å². The molecule has 0 fully saturated rings. The summed E-state index contributed by atoms with van der Waals surface area (Å²) in [6, 6.07) is 27.4. The molecule has 0 atom stereocenters. The van der Waals surface area contributed by atoms with E-state index in [1.54, 1.807) is 12.1 Å². The first kappa shape index (κ1) is 15.1. The first-order chi connectivity index (χ1) is 12.3. The van der Waals surface area contributed by atoms with Crippen LogP contribution in [0.25, 0.3) is 22.5 Å². The van der Waals surface area contributed by atoms with Crippen molar-refractivity contribution in [3.8, 4) is 28.3 Å². The lowest BCUT2D eigenvalue weighted by Gasteiger charge is -2.09. The Morgan fingerprint density at radius 1 is 0.720 bits per heavy atom. The Morgan fingerprint density at radius 2 is 1.32 bits per heavy atom. The lowest BCUT2D eigenvalue weighted by atomic mass is 10.0. The zero-order valence-electron chi connectivity index (χ0n) is 13.6. The molecular weight excluding hydrogens is 310 g/mol. The Balaban J connectivity index is 1.82. The maximum absolute atomic E-state index is 9.47. The van der Waals surface area contributed by atoms with E-state index in [9.17, 15) is 5.11 Å². The third-order valence-electron chi connectivity index (χ3n) is 4.10. The minimum Gasteiger partial charge on any atom is -0.508 e. The fourth-order valence-corrected chi connectivity index (χ4v) is 2.87. The van der Waals surface area contributed by atoms with Gasteiger partial charge in [0, 0.05) is 11.1 Å². The summed E-state index contributed by atoms with van der Waals surface area (Å²) in [6.07, 6.45) is 0. The Hall–Kier alpha value is -3.40. The first-order valence-corrected chi connectivity index (χ1v) is 8.13. The number of hydrogen-bond donors (Lipinski definition) is 1. The van der Waals surface area contributed by atoms with E-state index in [-0.39, 0.29) is 5.75 Å². The Kier molecular flexibility index (Phi) is 4.01. The smallest absolute Gasteiger partial charge is 0.121 e. The molecule has 4 rings (SSSR count). The number of phenols is 1. The minimum absolute atomic E-state index is 0.260. The van der Waals surface area contributed by atoms with E-state index < -0.39 is 0 Å². The standard InChI is InChI=1S/C21H17N3O/c25-19-13-11-16(12-14-19)15-24-21(18-9-5-2-6-10-18)20(22-23-24)17-7-3-1-4-8-17/h1-14,25H,15H2. The molecule has 0 saturated carbocycles. The second-order valence-corrected chi connectivity index (χ2v) is 5.84. The summed E-state index contributed by atoms with van der Waals surface area (Å²) in [6.45, 7) is 0.588. The van der Waals surface area contributed by atoms with Gasteiger partial charge in [-0.05, 0) is 17.7 Å². The van der Waals surface area contributed by atoms with Crippen LogP contribution in [0.2, 0.25) is 0 Å². The average molecular weight is 327 g/mol. The van der Waals surface area contributed by atoms with Crippen LogP contribution < -0.4 is 0 Å². The molecule has 0 unspecified atom stereocenters. The van der Waals surface area contributed by atoms with Gasteiger partial charge in [0.05, 0.1) is 12.2 Å². The number of rotatable bonds is 4. The average Bonchev–Trinajstić information content (AvgIpc) is 3.08. The molecular formula is C21H17N3O. The quantitative estimate of drug-likeness (QED) is 0.606. The summed E-state index contributed by atoms with van der Waals surface area (Å²) in [7, 11) is 0. The molecule has 0 spiro atoms. The van der Waals surface area contributed by atoms with Gasteiger partial charge in [0.15, 0.2) is 0 Å². The van der Waals surface area contributed by atoms with Gasteiger partial charge < -0.3 is 5.11 Å². The molecule has 3 aromatic carbocycles. The highest BCUT2D eigenvalue weighted by Gasteiger charge is 2.16. The summed E-state index contributed by atoms with van der Waals surface area (Å²) in [4.78, 5) is 0. The topological polar surface area (TPSA) is 50.9 Å². The van der Waals surface area contributed by atoms with Crippen molar-refractivity contribution in [2.75, 3.05) is 0 Å². The molecule has 0 aliphatic rings. The van der Waals surface area contributed by atoms with Crippen molar-refractivity contribution < 1.29 is 5.11 Å². The fraction of sp³-hybridized carbons (Fsp3) is 0.0476. The van der Waals surface area contributed by atoms with Crippen molar-refractivity contribution in [3.63, 3.8) is 0 Å². The molecule has 122 valence electrons. The highest BCUT2D eigenvalue weighted by atomic mass is 16.3. The number of hydrogen-bond acceptors (Lipinski definition) is 3. The minimum atomic E-state index is 0.260. The van der Waals surface area contributed by atoms with E-state index in [1.807, 2.05) is 65.3 Å². The van der Waals surface area contributed by atoms with Gasteiger partial charge in [-0.15, -0.1) is 5.10 Å². The number of aromatic hydroxyl groups is 1. The Bertz CT molecular complexity index is 961. The number of aromatic nitrogens is 3. The van der Waals surface area contributed by atoms with Gasteiger partial charge in [-0.25, -0.2) is 4.68 Å². The second-order valence-electron chi connectivity index (χ2n) is 5.84. The molecule has 0 aliphatic heterocycles. The van der Waals surface area contributed by atoms with Crippen LogP contribution in [0.1, 0.15) is 5.56 Å². The monoisotopic (exact) mass is 327 g/mol. The van der Waals surface area contributed by atoms with E-state index in [1.165, 1.54) is 0 Å². The van der Waals surface area contributed by atoms with Crippen molar-refractivity contribution in [1.29, 1.82) is 0 Å². The predicted molar refractivity (Wildman–Crippen MR) is 98.1 cm³/mol. The van der Waals surface area contributed by atoms with Crippen molar-refractivity contribution >= 4 is 0 Å². The van der Waals surface area contributed by atoms with Crippen LogP contribution in [0.4, 0.5) is 0 Å². The third-order valence-corrected chi connectivity index (χ3v) is 4.10. The van der Waals surface area contributed by atoms with Gasteiger partial charge in [-0.1, -0.05) is 78.0 Å². The molecule has 1 heterocycles. The van der Waals surface area contributed by atoms with Crippen LogP contribution in [-0.2, 0) is 6.54 Å². The molecule has 0 bridgehead atoms. The summed E-state index contributed by atoms with van der Waals surface area (Å²) in [5.74, 6) is 0.260. The van der Waals surface area contributed by atoms with Gasteiger partial charge in [-0.2, -0.15) is 0 Å². The highest BCUT2D eigenvalue weighted by Crippen LogP contribution is 2.30. The Labute approximate surface area is 146 Å². The van der Waals surface area contributed by atoms with Gasteiger partial charge in [0.1, 0.15) is 11.4 Å². The summed E-state index contributed by atoms with van der Waals surface area (Å²) < 4.78 is 1.91. The molecule has 4 aromatic rings. The van der Waals surface area contributed by atoms with Crippen molar-refractivity contribution in [1.82, 2.24) is 15.0 Å². The summed E-state index contributed by atoms with van der Waals surface area (Å²) >= 11 is 0. The molecule has 1 N–H and O–H groups in total. The zero-order valence-corrected chi connectivity index (χ0v) is 13.6. The van der Waals surface area contributed by atoms with Crippen molar-refractivity contribution in [2.45, 2.75) is 6.54 Å². The maximum Gasteiger partial charge on any atom is 0.121 e. The Morgan fingerprint density at radius 3 is 1.96 bits per heavy atom. The lowest BCUT2D eigenvalue weighted by Crippen LogP contribution is -2.04. The zero-order chi connectivity index (χ0) is 17.1. The molecule has 1 aromatic heterocycles. The predicted octanol–water partition coefficient (Wildman–Crippen LogP) is 4.37. The van der Waals surface area contributed by atoms with Gasteiger partial charge in [0.2, 0.25) is 0 Å². The largest absolute Gasteiger partial charge is 0.508 e. The lowest BCUT2D eigenvalue weighted by molar-refractivity contribution is 0.475. The number of phenolic OH excluding ortho intramolecular Hbond substituents is 1. The van der Waals surface area contributed by atoms with Gasteiger partial charge in [0.25, 0.3) is 0 Å². The first-order valence-electron chi connectivity index (χ1n) is 8.13. The van der Waals surface area contributed by atoms with Crippen LogP contribution >= 0.6 is 0 Å². The van der Waals surface area contributed by atoms with Crippen LogP contribution in [-0.4, -0.2) is 20.1 Å². The van der Waals surface area contributed by atoms with E-state index in [0.29, 0.717) is 6.54 Å². The third kappa shape index (κ3) is 3.15. The molecule has 0 amide bonds. The van der Waals surface area contributed by atoms with E-state index in [4.69, 9.17) is 0 Å². The number of nitrogens with zero attached hydrogens (tertiary/aromatic N) is 3. The molecule has 4 heteroatoms. The van der Waals surface area contributed by atoms with Gasteiger partial charge >= 0.3 is 0 Å². The van der Waals surface area contributed by atoms with Crippen LogP contribution in [0.3, 0.4) is 0 Å². The van der Waals surface area contributed by atoms with Crippen molar-refractivity contribution in [3.05, 3.63) is 90.5 Å². The maximum atomic E-state index is 9.47. The summed E-state index contributed by atoms with van der Waals surface area (Å²) in [5, 5.41) is 18.3. The normalized spacial score (nSPS) is 10.7. The molecule has 0 aliphatic carbocycles. The van der Waals surface area contributed by atoms with E-state index in [2.05, 4.69) is 22.4 Å². The van der Waals surface area contributed by atoms with E-state index >= 15 is 0 Å². The SMILES string of the molecule is Oc1ccc(Cn2nnc(-c3ccccc3)c2-c2ccccc2)cc1. The fourth-order valence-electron chi connectivity index (χ4n) is 2.87. The number of benzene rings is 3. The van der Waals surface area contributed by atoms with Gasteiger partial charge in [-0.3, -0.25) is 0 Å². The van der Waals surface area contributed by atoms with Crippen LogP contribution in [0.5, 0.6) is 5.75 Å². The second kappa shape index (κ2) is 6.61. The summed E-state index contributed by atoms with van der Waals surface area (Å²) in [5.41, 5.74) is 5.02. The molecule has 25 heavy (non-hydrogen) atoms. The highest BCUT2D eigenvalue weighted by molar-refractivity contribution is 5.77. The van der Waals surface area contributed by atoms with E-state index in [0.717, 1.165) is 28.1 Å². The van der Waals surface area contributed by atoms with Crippen molar-refractivity contribution in [2.24, 2.45) is 0 Å². The molecule has 0 saturated heterocycles. The van der Waals surface area contributed by atoms with Crippen LogP contribution in [0.15, 0.2) is 84.9 Å².